The van der Waals surface area contributed by atoms with Gasteiger partial charge in [0.05, 0.1) is 16.7 Å². The highest BCUT2D eigenvalue weighted by atomic mass is 35.5. The summed E-state index contributed by atoms with van der Waals surface area (Å²) < 4.78 is 11.0. The maximum atomic E-state index is 12.6. The van der Waals surface area contributed by atoms with Crippen LogP contribution in [0.3, 0.4) is 0 Å². The van der Waals surface area contributed by atoms with E-state index in [4.69, 9.17) is 20.8 Å². The van der Waals surface area contributed by atoms with E-state index in [9.17, 15) is 9.59 Å². The fraction of sp³-hybridized carbons (Fsp3) is 0.120. The molecule has 3 aromatic carbocycles. The molecular weight excluding hydrogens is 414 g/mol. The van der Waals surface area contributed by atoms with Crippen molar-refractivity contribution in [3.8, 4) is 16.9 Å². The Bertz CT molecular complexity index is 1310. The summed E-state index contributed by atoms with van der Waals surface area (Å²) in [6, 6.07) is 20.9. The van der Waals surface area contributed by atoms with E-state index in [2.05, 4.69) is 5.32 Å². The maximum absolute atomic E-state index is 12.6. The zero-order chi connectivity index (χ0) is 22.0. The molecule has 0 fully saturated rings. The van der Waals surface area contributed by atoms with Gasteiger partial charge in [-0.05, 0) is 62.4 Å². The Morgan fingerprint density at radius 1 is 0.968 bits per heavy atom. The van der Waals surface area contributed by atoms with E-state index >= 15 is 0 Å². The molecule has 4 aromatic rings. The number of anilines is 1. The average Bonchev–Trinajstić information content (AvgIpc) is 2.74. The third-order valence-corrected chi connectivity index (χ3v) is 4.96. The highest BCUT2D eigenvalue weighted by molar-refractivity contribution is 6.33. The highest BCUT2D eigenvalue weighted by Gasteiger charge is 2.13. The number of fused-ring (bicyclic) bond motifs is 1. The van der Waals surface area contributed by atoms with E-state index in [-0.39, 0.29) is 12.0 Å². The minimum Gasteiger partial charge on any atom is -0.491 e. The topological polar surface area (TPSA) is 68.5 Å². The Hall–Kier alpha value is -3.57. The first-order valence-corrected chi connectivity index (χ1v) is 10.2. The summed E-state index contributed by atoms with van der Waals surface area (Å²) in [5.74, 6) is 0.429. The van der Waals surface area contributed by atoms with Gasteiger partial charge in [0.2, 0.25) is 0 Å². The zero-order valence-corrected chi connectivity index (χ0v) is 17.8. The van der Waals surface area contributed by atoms with Gasteiger partial charge in [0, 0.05) is 22.2 Å². The number of para-hydroxylation sites is 1. The number of hydrogen-bond acceptors (Lipinski definition) is 4. The molecule has 31 heavy (non-hydrogen) atoms. The normalized spacial score (nSPS) is 11.0. The third-order valence-electron chi connectivity index (χ3n) is 4.65. The molecular formula is C25H20ClNO4. The molecule has 0 aliphatic heterocycles. The van der Waals surface area contributed by atoms with E-state index in [1.807, 2.05) is 26.0 Å². The zero-order valence-electron chi connectivity index (χ0n) is 17.0. The van der Waals surface area contributed by atoms with Crippen molar-refractivity contribution in [2.24, 2.45) is 0 Å². The van der Waals surface area contributed by atoms with E-state index in [0.717, 1.165) is 5.39 Å². The fourth-order valence-electron chi connectivity index (χ4n) is 3.22. The molecule has 1 amide bonds. The standard InChI is InChI=1S/C25H20ClNO4/c1-15(2)30-19-10-7-16(8-11-19)24(28)27-18-9-12-20(22(26)14-18)21-13-17-5-3-4-6-23(17)31-25(21)29/h3-15H,1-2H3,(H,27,28). The van der Waals surface area contributed by atoms with Gasteiger partial charge < -0.3 is 14.5 Å². The van der Waals surface area contributed by atoms with E-state index in [0.29, 0.717) is 38.7 Å². The van der Waals surface area contributed by atoms with Crippen molar-refractivity contribution >= 4 is 34.2 Å². The van der Waals surface area contributed by atoms with Crippen molar-refractivity contribution in [1.29, 1.82) is 0 Å². The van der Waals surface area contributed by atoms with E-state index in [1.54, 1.807) is 60.7 Å². The van der Waals surface area contributed by atoms with Crippen LogP contribution in [-0.4, -0.2) is 12.0 Å². The molecule has 0 radical (unpaired) electrons. The van der Waals surface area contributed by atoms with Crippen molar-refractivity contribution in [1.82, 2.24) is 0 Å². The van der Waals surface area contributed by atoms with Gasteiger partial charge in [-0.15, -0.1) is 0 Å². The van der Waals surface area contributed by atoms with Gasteiger partial charge in [-0.2, -0.15) is 0 Å². The molecule has 0 unspecified atom stereocenters. The van der Waals surface area contributed by atoms with Crippen molar-refractivity contribution in [3.05, 3.63) is 93.8 Å². The molecule has 1 heterocycles. The summed E-state index contributed by atoms with van der Waals surface area (Å²) in [6.45, 7) is 3.88. The molecule has 6 heteroatoms. The van der Waals surface area contributed by atoms with Crippen LogP contribution in [-0.2, 0) is 0 Å². The molecule has 5 nitrogen and oxygen atoms in total. The molecule has 156 valence electrons. The Labute approximate surface area is 184 Å². The Morgan fingerprint density at radius 2 is 1.71 bits per heavy atom. The highest BCUT2D eigenvalue weighted by Crippen LogP contribution is 2.30. The molecule has 0 aliphatic rings. The lowest BCUT2D eigenvalue weighted by atomic mass is 10.1. The second-order valence-corrected chi connectivity index (χ2v) is 7.73. The van der Waals surface area contributed by atoms with E-state index in [1.165, 1.54) is 0 Å². The van der Waals surface area contributed by atoms with Crippen LogP contribution in [0.2, 0.25) is 5.02 Å². The predicted molar refractivity (Wildman–Crippen MR) is 123 cm³/mol. The number of rotatable bonds is 5. The lowest BCUT2D eigenvalue weighted by Gasteiger charge is -2.11. The fourth-order valence-corrected chi connectivity index (χ4v) is 3.50. The first-order chi connectivity index (χ1) is 14.9. The van der Waals surface area contributed by atoms with Crippen LogP contribution in [0.1, 0.15) is 24.2 Å². The van der Waals surface area contributed by atoms with Crippen LogP contribution in [0.5, 0.6) is 5.75 Å². The number of benzene rings is 3. The van der Waals surface area contributed by atoms with Crippen LogP contribution >= 0.6 is 11.6 Å². The largest absolute Gasteiger partial charge is 0.491 e. The Kier molecular flexibility index (Phi) is 5.78. The molecule has 0 saturated carbocycles. The van der Waals surface area contributed by atoms with E-state index < -0.39 is 5.63 Å². The predicted octanol–water partition coefficient (Wildman–Crippen LogP) is 6.15. The number of amides is 1. The first kappa shape index (κ1) is 20.7. The molecule has 4 rings (SSSR count). The van der Waals surface area contributed by atoms with Gasteiger partial charge in [-0.25, -0.2) is 4.79 Å². The molecule has 0 bridgehead atoms. The minimum atomic E-state index is -0.471. The number of carbonyl (C=O) groups is 1. The van der Waals surface area contributed by atoms with Gasteiger partial charge in [-0.3, -0.25) is 4.79 Å². The number of hydrogen-bond donors (Lipinski definition) is 1. The van der Waals surface area contributed by atoms with Crippen molar-refractivity contribution in [3.63, 3.8) is 0 Å². The first-order valence-electron chi connectivity index (χ1n) is 9.81. The molecule has 0 atom stereocenters. The molecule has 0 saturated heterocycles. The molecule has 1 N–H and O–H groups in total. The summed E-state index contributed by atoms with van der Waals surface area (Å²) in [7, 11) is 0. The summed E-state index contributed by atoms with van der Waals surface area (Å²) >= 11 is 6.44. The summed E-state index contributed by atoms with van der Waals surface area (Å²) in [6.07, 6.45) is 0.0605. The Balaban J connectivity index is 1.56. The quantitative estimate of drug-likeness (QED) is 0.383. The third kappa shape index (κ3) is 4.62. The Morgan fingerprint density at radius 3 is 2.42 bits per heavy atom. The smallest absolute Gasteiger partial charge is 0.344 e. The van der Waals surface area contributed by atoms with Gasteiger partial charge >= 0.3 is 5.63 Å². The SMILES string of the molecule is CC(C)Oc1ccc(C(=O)Nc2ccc(-c3cc4ccccc4oc3=O)c(Cl)c2)cc1. The van der Waals surface area contributed by atoms with Crippen LogP contribution in [0, 0.1) is 0 Å². The summed E-state index contributed by atoms with van der Waals surface area (Å²) in [5.41, 5.74) is 1.96. The number of nitrogens with one attached hydrogen (secondary N) is 1. The maximum Gasteiger partial charge on any atom is 0.344 e. The summed E-state index contributed by atoms with van der Waals surface area (Å²) in [5, 5.41) is 3.95. The molecule has 0 aliphatic carbocycles. The van der Waals surface area contributed by atoms with Gasteiger partial charge in [0.1, 0.15) is 11.3 Å². The number of carbonyl (C=O) groups excluding carboxylic acids is 1. The number of ether oxygens (including phenoxy) is 1. The van der Waals surface area contributed by atoms with Gasteiger partial charge in [-0.1, -0.05) is 35.9 Å². The van der Waals surface area contributed by atoms with Gasteiger partial charge in [0.15, 0.2) is 0 Å². The minimum absolute atomic E-state index is 0.0605. The lowest BCUT2D eigenvalue weighted by molar-refractivity contribution is 0.102. The van der Waals surface area contributed by atoms with Crippen LogP contribution in [0.4, 0.5) is 5.69 Å². The van der Waals surface area contributed by atoms with Gasteiger partial charge in [0.25, 0.3) is 5.91 Å². The van der Waals surface area contributed by atoms with Crippen molar-refractivity contribution in [2.45, 2.75) is 20.0 Å². The number of halogens is 1. The second-order valence-electron chi connectivity index (χ2n) is 7.33. The van der Waals surface area contributed by atoms with Crippen LogP contribution in [0.15, 0.2) is 82.0 Å². The summed E-state index contributed by atoms with van der Waals surface area (Å²) in [4.78, 5) is 25.0. The lowest BCUT2D eigenvalue weighted by Crippen LogP contribution is -2.12. The van der Waals surface area contributed by atoms with Crippen LogP contribution in [0.25, 0.3) is 22.1 Å². The van der Waals surface area contributed by atoms with Crippen LogP contribution < -0.4 is 15.7 Å². The van der Waals surface area contributed by atoms with Crippen molar-refractivity contribution in [2.75, 3.05) is 5.32 Å². The second kappa shape index (κ2) is 8.66. The monoisotopic (exact) mass is 433 g/mol. The van der Waals surface area contributed by atoms with Crippen molar-refractivity contribution < 1.29 is 13.9 Å². The average molecular weight is 434 g/mol. The molecule has 1 aromatic heterocycles. The molecule has 0 spiro atoms.